The van der Waals surface area contributed by atoms with E-state index in [1.807, 2.05) is 13.8 Å². The molecular weight excluding hydrogens is 201 g/mol. The lowest BCUT2D eigenvalue weighted by Gasteiger charge is -2.31. The summed E-state index contributed by atoms with van der Waals surface area (Å²) in [6.45, 7) is 8.75. The van der Waals surface area contributed by atoms with Crippen LogP contribution >= 0.6 is 7.60 Å². The van der Waals surface area contributed by atoms with Crippen LogP contribution in [0.1, 0.15) is 34.1 Å². The predicted molar refractivity (Wildman–Crippen MR) is 56.0 cm³/mol. The van der Waals surface area contributed by atoms with E-state index in [-0.39, 0.29) is 12.3 Å². The van der Waals surface area contributed by atoms with Crippen molar-refractivity contribution >= 4 is 7.60 Å². The molecule has 0 bridgehead atoms. The maximum Gasteiger partial charge on any atom is 0.146 e. The molecule has 4 nitrogen and oxygen atoms in total. The zero-order valence-corrected chi connectivity index (χ0v) is 10.3. The van der Waals surface area contributed by atoms with Crippen LogP contribution in [0.4, 0.5) is 0 Å². The Morgan fingerprint density at radius 3 is 2.14 bits per heavy atom. The molecule has 0 aromatic heterocycles. The standard InChI is InChI=1S/C9H22NO3P/c1-8(2)5-6-10(9(3)4)7-14(11,12)13/h8-9H,5-7H2,1-4H3,(H2,11,12,13)/p-1. The predicted octanol–water partition coefficient (Wildman–Crippen LogP) is 1.25. The molecular formula is C9H21NO3P-. The largest absolute Gasteiger partial charge is 0.778 e. The molecule has 0 radical (unpaired) electrons. The number of nitrogens with zero attached hydrogens (tertiary/aromatic N) is 1. The second-order valence-electron chi connectivity index (χ2n) is 4.37. The Morgan fingerprint density at radius 2 is 1.86 bits per heavy atom. The summed E-state index contributed by atoms with van der Waals surface area (Å²) in [6, 6.07) is 0.142. The van der Waals surface area contributed by atoms with Gasteiger partial charge < -0.3 is 14.4 Å². The third-order valence-corrected chi connectivity index (χ3v) is 2.81. The van der Waals surface area contributed by atoms with Gasteiger partial charge in [-0.25, -0.2) is 0 Å². The van der Waals surface area contributed by atoms with Gasteiger partial charge in [0.15, 0.2) is 0 Å². The summed E-state index contributed by atoms with van der Waals surface area (Å²) in [5.74, 6) is 0.543. The van der Waals surface area contributed by atoms with E-state index >= 15 is 0 Å². The second-order valence-corrected chi connectivity index (χ2v) is 5.93. The fourth-order valence-corrected chi connectivity index (χ4v) is 2.07. The molecule has 0 heterocycles. The van der Waals surface area contributed by atoms with Crippen molar-refractivity contribution in [3.05, 3.63) is 0 Å². The molecule has 1 atom stereocenters. The minimum atomic E-state index is -4.16. The van der Waals surface area contributed by atoms with E-state index in [1.54, 1.807) is 4.90 Å². The van der Waals surface area contributed by atoms with Crippen molar-refractivity contribution in [3.63, 3.8) is 0 Å². The zero-order chi connectivity index (χ0) is 11.4. The molecule has 0 fully saturated rings. The lowest BCUT2D eigenvalue weighted by atomic mass is 10.1. The molecule has 86 valence electrons. The van der Waals surface area contributed by atoms with E-state index in [0.717, 1.165) is 6.42 Å². The summed E-state index contributed by atoms with van der Waals surface area (Å²) in [6.07, 6.45) is 0.704. The van der Waals surface area contributed by atoms with Crippen LogP contribution in [-0.4, -0.2) is 28.7 Å². The SMILES string of the molecule is CC(C)CCN(CP(=O)([O-])O)C(C)C. The van der Waals surface area contributed by atoms with E-state index < -0.39 is 7.60 Å². The van der Waals surface area contributed by atoms with E-state index in [0.29, 0.717) is 12.5 Å². The first kappa shape index (κ1) is 14.1. The first-order chi connectivity index (χ1) is 6.22. The van der Waals surface area contributed by atoms with Gasteiger partial charge in [0, 0.05) is 6.04 Å². The Balaban J connectivity index is 4.10. The molecule has 0 aromatic carbocycles. The fraction of sp³-hybridized carbons (Fsp3) is 1.00. The van der Waals surface area contributed by atoms with E-state index in [9.17, 15) is 9.46 Å². The minimum absolute atomic E-state index is 0.142. The minimum Gasteiger partial charge on any atom is -0.778 e. The van der Waals surface area contributed by atoms with Crippen LogP contribution in [0.15, 0.2) is 0 Å². The number of rotatable bonds is 6. The average Bonchev–Trinajstić information content (AvgIpc) is 1.94. The molecule has 0 aliphatic heterocycles. The van der Waals surface area contributed by atoms with Gasteiger partial charge in [-0.2, -0.15) is 0 Å². The molecule has 0 saturated carbocycles. The molecule has 0 rings (SSSR count). The van der Waals surface area contributed by atoms with Gasteiger partial charge >= 0.3 is 0 Å². The Bertz CT molecular complexity index is 200. The highest BCUT2D eigenvalue weighted by Gasteiger charge is 2.14. The van der Waals surface area contributed by atoms with Crippen LogP contribution in [0.25, 0.3) is 0 Å². The van der Waals surface area contributed by atoms with E-state index in [4.69, 9.17) is 4.89 Å². The molecule has 0 aliphatic rings. The van der Waals surface area contributed by atoms with Gasteiger partial charge in [-0.15, -0.1) is 0 Å². The topological polar surface area (TPSA) is 63.6 Å². The Labute approximate surface area is 86.5 Å². The molecule has 1 unspecified atom stereocenters. The molecule has 0 saturated heterocycles. The lowest BCUT2D eigenvalue weighted by molar-refractivity contribution is -0.196. The molecule has 0 amide bonds. The van der Waals surface area contributed by atoms with Crippen LogP contribution in [0.5, 0.6) is 0 Å². The van der Waals surface area contributed by atoms with Crippen LogP contribution in [0, 0.1) is 5.92 Å². The Kier molecular flexibility index (Phi) is 5.91. The summed E-state index contributed by atoms with van der Waals surface area (Å²) >= 11 is 0. The third kappa shape index (κ3) is 7.51. The lowest BCUT2D eigenvalue weighted by Crippen LogP contribution is -2.34. The van der Waals surface area contributed by atoms with Crippen molar-refractivity contribution in [2.45, 2.75) is 40.2 Å². The maximum atomic E-state index is 10.7. The molecule has 5 heteroatoms. The van der Waals surface area contributed by atoms with Gasteiger partial charge in [-0.05, 0) is 32.7 Å². The molecule has 0 aromatic rings. The van der Waals surface area contributed by atoms with Gasteiger partial charge in [0.2, 0.25) is 0 Å². The highest BCUT2D eigenvalue weighted by molar-refractivity contribution is 7.50. The van der Waals surface area contributed by atoms with Crippen molar-refractivity contribution in [2.24, 2.45) is 5.92 Å². The molecule has 0 spiro atoms. The van der Waals surface area contributed by atoms with Gasteiger partial charge in [-0.1, -0.05) is 13.8 Å². The maximum absolute atomic E-state index is 10.7. The molecule has 0 aliphatic carbocycles. The van der Waals surface area contributed by atoms with Crippen molar-refractivity contribution in [1.82, 2.24) is 4.90 Å². The Morgan fingerprint density at radius 1 is 1.36 bits per heavy atom. The summed E-state index contributed by atoms with van der Waals surface area (Å²) in [4.78, 5) is 21.3. The Hall–Kier alpha value is 0.110. The van der Waals surface area contributed by atoms with E-state index in [2.05, 4.69) is 13.8 Å². The van der Waals surface area contributed by atoms with Crippen molar-refractivity contribution < 1.29 is 14.4 Å². The molecule has 14 heavy (non-hydrogen) atoms. The van der Waals surface area contributed by atoms with Crippen LogP contribution in [-0.2, 0) is 4.57 Å². The number of hydrogen-bond acceptors (Lipinski definition) is 3. The summed E-state index contributed by atoms with van der Waals surface area (Å²) in [5.41, 5.74) is 0. The summed E-state index contributed by atoms with van der Waals surface area (Å²) in [5, 5.41) is 0. The van der Waals surface area contributed by atoms with Gasteiger partial charge in [0.1, 0.15) is 7.60 Å². The highest BCUT2D eigenvalue weighted by atomic mass is 31.2. The second kappa shape index (κ2) is 5.86. The van der Waals surface area contributed by atoms with Gasteiger partial charge in [-0.3, -0.25) is 4.90 Å². The zero-order valence-electron chi connectivity index (χ0n) is 9.43. The first-order valence-corrected chi connectivity index (χ1v) is 6.75. The quantitative estimate of drug-likeness (QED) is 0.687. The van der Waals surface area contributed by atoms with Gasteiger partial charge in [0.05, 0.1) is 6.29 Å². The third-order valence-electron chi connectivity index (χ3n) is 2.08. The summed E-state index contributed by atoms with van der Waals surface area (Å²) < 4.78 is 10.7. The normalized spacial score (nSPS) is 16.6. The summed E-state index contributed by atoms with van der Waals surface area (Å²) in [7, 11) is -4.16. The van der Waals surface area contributed by atoms with Crippen molar-refractivity contribution in [1.29, 1.82) is 0 Å². The van der Waals surface area contributed by atoms with Crippen LogP contribution in [0.3, 0.4) is 0 Å². The average molecular weight is 222 g/mol. The first-order valence-electron chi connectivity index (χ1n) is 4.99. The fourth-order valence-electron chi connectivity index (χ4n) is 1.15. The van der Waals surface area contributed by atoms with Crippen LogP contribution in [0.2, 0.25) is 0 Å². The van der Waals surface area contributed by atoms with Crippen LogP contribution < -0.4 is 4.89 Å². The van der Waals surface area contributed by atoms with Gasteiger partial charge in [0.25, 0.3) is 0 Å². The van der Waals surface area contributed by atoms with Crippen molar-refractivity contribution in [2.75, 3.05) is 12.8 Å². The smallest absolute Gasteiger partial charge is 0.146 e. The highest BCUT2D eigenvalue weighted by Crippen LogP contribution is 2.30. The van der Waals surface area contributed by atoms with Crippen molar-refractivity contribution in [3.8, 4) is 0 Å². The molecule has 1 N–H and O–H groups in total. The van der Waals surface area contributed by atoms with E-state index in [1.165, 1.54) is 0 Å². The monoisotopic (exact) mass is 222 g/mol. The number of hydrogen-bond donors (Lipinski definition) is 1.